The van der Waals surface area contributed by atoms with Crippen LogP contribution < -0.4 is 0 Å². The molecule has 6 heteroatoms. The van der Waals surface area contributed by atoms with Gasteiger partial charge in [0.05, 0.1) is 12.6 Å². The normalized spacial score (nSPS) is 18.0. The van der Waals surface area contributed by atoms with Crippen LogP contribution in [0, 0.1) is 5.92 Å². The highest BCUT2D eigenvalue weighted by Crippen LogP contribution is 2.30. The SMILES string of the molecule is CC(C)C[C@H]1C(=O)CN(CCCc2ccccc2)C(=NC(C)c2cccc3ccccc23)N1C(=O)OC(C)(C)C. The summed E-state index contributed by atoms with van der Waals surface area (Å²) in [6, 6.07) is 24.0. The number of rotatable bonds is 8. The van der Waals surface area contributed by atoms with E-state index in [1.807, 2.05) is 62.1 Å². The van der Waals surface area contributed by atoms with E-state index in [1.165, 1.54) is 5.56 Å². The van der Waals surface area contributed by atoms with Gasteiger partial charge in [0.25, 0.3) is 0 Å². The van der Waals surface area contributed by atoms with E-state index in [-0.39, 0.29) is 24.3 Å². The van der Waals surface area contributed by atoms with Crippen molar-refractivity contribution in [2.24, 2.45) is 10.9 Å². The standard InChI is InChI=1S/C34H43N3O3/c1-24(2)22-30-31(38)23-36(21-13-16-26-14-8-7-9-15-26)32(37(30)33(39)40-34(4,5)6)35-25(3)28-20-12-18-27-17-10-11-19-29(27)28/h7-12,14-15,17-20,24-25,30H,13,16,21-23H2,1-6H3/t25?,30-/m0/s1. The second kappa shape index (κ2) is 12.7. The molecule has 3 aromatic carbocycles. The van der Waals surface area contributed by atoms with Gasteiger partial charge in [0.1, 0.15) is 11.6 Å². The van der Waals surface area contributed by atoms with E-state index < -0.39 is 17.7 Å². The summed E-state index contributed by atoms with van der Waals surface area (Å²) in [5.74, 6) is 0.768. The third-order valence-corrected chi connectivity index (χ3v) is 7.13. The zero-order valence-electron chi connectivity index (χ0n) is 24.8. The second-order valence-corrected chi connectivity index (χ2v) is 12.1. The summed E-state index contributed by atoms with van der Waals surface area (Å²) in [7, 11) is 0. The second-order valence-electron chi connectivity index (χ2n) is 12.1. The van der Waals surface area contributed by atoms with Crippen molar-refractivity contribution < 1.29 is 14.3 Å². The van der Waals surface area contributed by atoms with Gasteiger partial charge in [-0.2, -0.15) is 0 Å². The number of ether oxygens (including phenoxy) is 1. The average molecular weight is 542 g/mol. The molecule has 0 bridgehead atoms. The molecule has 0 aliphatic carbocycles. The topological polar surface area (TPSA) is 62.2 Å². The Balaban J connectivity index is 1.75. The van der Waals surface area contributed by atoms with Gasteiger partial charge in [0.2, 0.25) is 5.96 Å². The maximum atomic E-state index is 13.8. The molecule has 1 heterocycles. The zero-order valence-corrected chi connectivity index (χ0v) is 24.8. The van der Waals surface area contributed by atoms with E-state index in [0.29, 0.717) is 18.9 Å². The Bertz CT molecular complexity index is 1340. The van der Waals surface area contributed by atoms with Crippen molar-refractivity contribution in [3.05, 3.63) is 83.9 Å². The third kappa shape index (κ3) is 7.29. The lowest BCUT2D eigenvalue weighted by Crippen LogP contribution is -2.63. The summed E-state index contributed by atoms with van der Waals surface area (Å²) in [6.07, 6.45) is 1.73. The first-order valence-corrected chi connectivity index (χ1v) is 14.4. The Labute approximate surface area is 239 Å². The number of Topliss-reactive ketones (excluding diaryl/α,β-unsaturated/α-hetero) is 1. The van der Waals surface area contributed by atoms with E-state index in [0.717, 1.165) is 29.2 Å². The van der Waals surface area contributed by atoms with Gasteiger partial charge in [-0.1, -0.05) is 86.6 Å². The van der Waals surface area contributed by atoms with Crippen LogP contribution in [0.2, 0.25) is 0 Å². The molecular formula is C34H43N3O3. The molecule has 1 amide bonds. The highest BCUT2D eigenvalue weighted by atomic mass is 16.6. The van der Waals surface area contributed by atoms with Crippen molar-refractivity contribution in [1.82, 2.24) is 9.80 Å². The van der Waals surface area contributed by atoms with Crippen LogP contribution in [0.15, 0.2) is 77.8 Å². The lowest BCUT2D eigenvalue weighted by Gasteiger charge is -2.43. The van der Waals surface area contributed by atoms with Gasteiger partial charge >= 0.3 is 6.09 Å². The van der Waals surface area contributed by atoms with Gasteiger partial charge in [0, 0.05) is 6.54 Å². The summed E-state index contributed by atoms with van der Waals surface area (Å²) >= 11 is 0. The lowest BCUT2D eigenvalue weighted by molar-refractivity contribution is -0.126. The van der Waals surface area contributed by atoms with Crippen molar-refractivity contribution in [3.8, 4) is 0 Å². The summed E-state index contributed by atoms with van der Waals surface area (Å²) in [5.41, 5.74) is 1.62. The highest BCUT2D eigenvalue weighted by molar-refractivity contribution is 6.05. The number of nitrogens with zero attached hydrogens (tertiary/aromatic N) is 3. The van der Waals surface area contributed by atoms with Crippen LogP contribution in [0.4, 0.5) is 4.79 Å². The molecule has 0 saturated carbocycles. The minimum Gasteiger partial charge on any atom is -0.443 e. The molecule has 4 rings (SSSR count). The Hall–Kier alpha value is -3.67. The van der Waals surface area contributed by atoms with Crippen LogP contribution in [0.3, 0.4) is 0 Å². The molecule has 1 saturated heterocycles. The Morgan fingerprint density at radius 3 is 2.35 bits per heavy atom. The fourth-order valence-corrected chi connectivity index (χ4v) is 5.30. The van der Waals surface area contributed by atoms with Gasteiger partial charge in [-0.15, -0.1) is 0 Å². The fraction of sp³-hybridized carbons (Fsp3) is 0.441. The maximum Gasteiger partial charge on any atom is 0.417 e. The number of aliphatic imine (C=N–C) groups is 1. The molecule has 3 aromatic rings. The summed E-state index contributed by atoms with van der Waals surface area (Å²) < 4.78 is 5.87. The lowest BCUT2D eigenvalue weighted by atomic mass is 9.96. The van der Waals surface area contributed by atoms with Gasteiger partial charge in [-0.25, -0.2) is 14.7 Å². The van der Waals surface area contributed by atoms with E-state index in [4.69, 9.17) is 9.73 Å². The number of hydrogen-bond donors (Lipinski definition) is 0. The van der Waals surface area contributed by atoms with Crippen molar-refractivity contribution in [1.29, 1.82) is 0 Å². The minimum atomic E-state index is -0.704. The van der Waals surface area contributed by atoms with E-state index in [1.54, 1.807) is 4.90 Å². The van der Waals surface area contributed by atoms with Crippen molar-refractivity contribution in [3.63, 3.8) is 0 Å². The molecule has 0 aromatic heterocycles. The van der Waals surface area contributed by atoms with Crippen molar-refractivity contribution >= 4 is 28.6 Å². The fourth-order valence-electron chi connectivity index (χ4n) is 5.30. The molecule has 40 heavy (non-hydrogen) atoms. The number of hydrogen-bond acceptors (Lipinski definition) is 4. The molecule has 1 unspecified atom stereocenters. The average Bonchev–Trinajstić information content (AvgIpc) is 2.90. The molecule has 6 nitrogen and oxygen atoms in total. The van der Waals surface area contributed by atoms with Gasteiger partial charge in [0.15, 0.2) is 5.78 Å². The largest absolute Gasteiger partial charge is 0.443 e. The number of fused-ring (bicyclic) bond motifs is 1. The molecule has 1 fully saturated rings. The number of guanidine groups is 1. The van der Waals surface area contributed by atoms with Crippen LogP contribution in [0.1, 0.15) is 71.6 Å². The van der Waals surface area contributed by atoms with Gasteiger partial charge in [-0.05, 0) is 74.8 Å². The number of aryl methyl sites for hydroxylation is 1. The molecule has 2 atom stereocenters. The molecule has 0 spiro atoms. The van der Waals surface area contributed by atoms with Crippen LogP contribution in [0.5, 0.6) is 0 Å². The number of ketones is 1. The summed E-state index contributed by atoms with van der Waals surface area (Å²) in [6.45, 7) is 12.6. The third-order valence-electron chi connectivity index (χ3n) is 7.13. The molecule has 1 aliphatic rings. The quantitative estimate of drug-likeness (QED) is 0.298. The molecule has 1 aliphatic heterocycles. The molecular weight excluding hydrogens is 498 g/mol. The number of carbonyl (C=O) groups is 2. The predicted octanol–water partition coefficient (Wildman–Crippen LogP) is 7.43. The minimum absolute atomic E-state index is 0.0241. The summed E-state index contributed by atoms with van der Waals surface area (Å²) in [5, 5.41) is 2.28. The van der Waals surface area contributed by atoms with E-state index in [9.17, 15) is 9.59 Å². The van der Waals surface area contributed by atoms with Crippen LogP contribution >= 0.6 is 0 Å². The maximum absolute atomic E-state index is 13.8. The van der Waals surface area contributed by atoms with Crippen LogP contribution in [-0.2, 0) is 16.0 Å². The Morgan fingerprint density at radius 2 is 1.65 bits per heavy atom. The Morgan fingerprint density at radius 1 is 0.975 bits per heavy atom. The van der Waals surface area contributed by atoms with Crippen molar-refractivity contribution in [2.75, 3.05) is 13.1 Å². The number of carbonyl (C=O) groups excluding carboxylic acids is 2. The van der Waals surface area contributed by atoms with Crippen molar-refractivity contribution in [2.45, 2.75) is 78.5 Å². The number of amides is 1. The number of benzene rings is 3. The van der Waals surface area contributed by atoms with E-state index in [2.05, 4.69) is 57.2 Å². The Kier molecular flexibility index (Phi) is 9.28. The zero-order chi connectivity index (χ0) is 28.9. The first-order chi connectivity index (χ1) is 19.0. The van der Waals surface area contributed by atoms with Gasteiger partial charge < -0.3 is 9.64 Å². The van der Waals surface area contributed by atoms with Crippen LogP contribution in [0.25, 0.3) is 10.8 Å². The summed E-state index contributed by atoms with van der Waals surface area (Å²) in [4.78, 5) is 36.1. The molecule has 0 N–H and O–H groups in total. The van der Waals surface area contributed by atoms with Gasteiger partial charge in [-0.3, -0.25) is 4.79 Å². The smallest absolute Gasteiger partial charge is 0.417 e. The van der Waals surface area contributed by atoms with E-state index >= 15 is 0 Å². The molecule has 212 valence electrons. The predicted molar refractivity (Wildman–Crippen MR) is 162 cm³/mol. The van der Waals surface area contributed by atoms with Crippen LogP contribution in [-0.4, -0.2) is 52.4 Å². The monoisotopic (exact) mass is 541 g/mol. The highest BCUT2D eigenvalue weighted by Gasteiger charge is 2.43. The molecule has 0 radical (unpaired) electrons. The first kappa shape index (κ1) is 29.3. The first-order valence-electron chi connectivity index (χ1n) is 14.4.